The number of nitrogens with zero attached hydrogens (tertiary/aromatic N) is 2. The van der Waals surface area contributed by atoms with Crippen molar-refractivity contribution in [3.05, 3.63) is 53.8 Å². The Hall–Kier alpha value is -2.49. The van der Waals surface area contributed by atoms with Crippen LogP contribution in [0.4, 0.5) is 10.2 Å². The van der Waals surface area contributed by atoms with Crippen molar-refractivity contribution < 1.29 is 4.39 Å². The van der Waals surface area contributed by atoms with E-state index in [9.17, 15) is 4.39 Å². The molecule has 3 rings (SSSR count). The number of fused-ring (bicyclic) bond motifs is 1. The third-order valence-corrected chi connectivity index (χ3v) is 3.20. The summed E-state index contributed by atoms with van der Waals surface area (Å²) in [6, 6.07) is 12.5. The maximum absolute atomic E-state index is 13.3. The van der Waals surface area contributed by atoms with Gasteiger partial charge in [0.15, 0.2) is 5.82 Å². The van der Waals surface area contributed by atoms with Crippen LogP contribution in [-0.4, -0.2) is 17.0 Å². The van der Waals surface area contributed by atoms with Crippen LogP contribution < -0.4 is 5.32 Å². The molecule has 0 aliphatic carbocycles. The molecule has 2 aromatic carbocycles. The lowest BCUT2D eigenvalue weighted by molar-refractivity contribution is 0.629. The van der Waals surface area contributed by atoms with Crippen molar-refractivity contribution in [1.82, 2.24) is 9.97 Å². The first-order valence-electron chi connectivity index (χ1n) is 6.39. The average molecular weight is 267 g/mol. The van der Waals surface area contributed by atoms with Crippen LogP contribution in [0.25, 0.3) is 22.3 Å². The zero-order valence-corrected chi connectivity index (χ0v) is 11.3. The molecule has 4 heteroatoms. The lowest BCUT2D eigenvalue weighted by atomic mass is 10.1. The Labute approximate surface area is 116 Å². The van der Waals surface area contributed by atoms with Crippen LogP contribution >= 0.6 is 0 Å². The monoisotopic (exact) mass is 267 g/mol. The van der Waals surface area contributed by atoms with Gasteiger partial charge in [-0.2, -0.15) is 0 Å². The molecule has 0 saturated heterocycles. The number of anilines is 1. The minimum Gasteiger partial charge on any atom is -0.373 e. The lowest BCUT2D eigenvalue weighted by Gasteiger charge is -2.08. The van der Waals surface area contributed by atoms with E-state index >= 15 is 0 Å². The van der Waals surface area contributed by atoms with E-state index in [1.165, 1.54) is 17.7 Å². The van der Waals surface area contributed by atoms with Gasteiger partial charge < -0.3 is 5.32 Å². The molecule has 0 unspecified atom stereocenters. The molecule has 0 bridgehead atoms. The van der Waals surface area contributed by atoms with E-state index in [1.807, 2.05) is 31.2 Å². The molecule has 20 heavy (non-hydrogen) atoms. The molecule has 0 aliphatic heterocycles. The summed E-state index contributed by atoms with van der Waals surface area (Å²) >= 11 is 0. The number of aryl methyl sites for hydroxylation is 1. The molecule has 1 N–H and O–H groups in total. The second-order valence-electron chi connectivity index (χ2n) is 4.67. The van der Waals surface area contributed by atoms with Crippen LogP contribution in [0.3, 0.4) is 0 Å². The quantitative estimate of drug-likeness (QED) is 0.767. The maximum atomic E-state index is 13.3. The summed E-state index contributed by atoms with van der Waals surface area (Å²) in [5.41, 5.74) is 2.85. The molecule has 0 fully saturated rings. The van der Waals surface area contributed by atoms with Gasteiger partial charge in [-0.1, -0.05) is 29.8 Å². The maximum Gasteiger partial charge on any atom is 0.162 e. The summed E-state index contributed by atoms with van der Waals surface area (Å²) in [5.74, 6) is 0.971. The van der Waals surface area contributed by atoms with E-state index in [4.69, 9.17) is 0 Å². The van der Waals surface area contributed by atoms with Crippen LogP contribution in [0.1, 0.15) is 5.56 Å². The lowest BCUT2D eigenvalue weighted by Crippen LogP contribution is -1.99. The van der Waals surface area contributed by atoms with Crippen LogP contribution in [-0.2, 0) is 0 Å². The second kappa shape index (κ2) is 4.89. The predicted octanol–water partition coefficient (Wildman–Crippen LogP) is 3.79. The summed E-state index contributed by atoms with van der Waals surface area (Å²) in [6.07, 6.45) is 0. The number of halogens is 1. The third kappa shape index (κ3) is 2.20. The molecule has 100 valence electrons. The van der Waals surface area contributed by atoms with Crippen LogP contribution in [0.15, 0.2) is 42.5 Å². The van der Waals surface area contributed by atoms with Gasteiger partial charge in [0.05, 0.1) is 5.52 Å². The van der Waals surface area contributed by atoms with Crippen molar-refractivity contribution in [3.63, 3.8) is 0 Å². The number of benzene rings is 2. The van der Waals surface area contributed by atoms with Crippen molar-refractivity contribution in [2.24, 2.45) is 0 Å². The van der Waals surface area contributed by atoms with Gasteiger partial charge in [0.25, 0.3) is 0 Å². The Morgan fingerprint density at radius 3 is 2.45 bits per heavy atom. The normalized spacial score (nSPS) is 10.8. The van der Waals surface area contributed by atoms with Gasteiger partial charge in [-0.15, -0.1) is 0 Å². The van der Waals surface area contributed by atoms with E-state index in [-0.39, 0.29) is 5.82 Å². The zero-order chi connectivity index (χ0) is 14.1. The summed E-state index contributed by atoms with van der Waals surface area (Å²) < 4.78 is 13.3. The molecule has 0 radical (unpaired) electrons. The van der Waals surface area contributed by atoms with Crippen molar-refractivity contribution in [2.45, 2.75) is 6.92 Å². The molecule has 3 aromatic rings. The molecule has 1 aromatic heterocycles. The van der Waals surface area contributed by atoms with Gasteiger partial charge in [0.2, 0.25) is 0 Å². The molecular weight excluding hydrogens is 253 g/mol. The van der Waals surface area contributed by atoms with Crippen LogP contribution in [0, 0.1) is 12.7 Å². The number of nitrogens with one attached hydrogen (secondary N) is 1. The first-order valence-corrected chi connectivity index (χ1v) is 6.39. The van der Waals surface area contributed by atoms with Gasteiger partial charge in [-0.05, 0) is 25.1 Å². The highest BCUT2D eigenvalue weighted by atomic mass is 19.1. The van der Waals surface area contributed by atoms with Crippen LogP contribution in [0.5, 0.6) is 0 Å². The van der Waals surface area contributed by atoms with Gasteiger partial charge >= 0.3 is 0 Å². The minimum absolute atomic E-state index is 0.291. The first-order chi connectivity index (χ1) is 9.67. The van der Waals surface area contributed by atoms with E-state index in [0.29, 0.717) is 17.0 Å². The Morgan fingerprint density at radius 1 is 1.00 bits per heavy atom. The zero-order valence-electron chi connectivity index (χ0n) is 11.3. The first kappa shape index (κ1) is 12.5. The van der Waals surface area contributed by atoms with E-state index < -0.39 is 0 Å². The van der Waals surface area contributed by atoms with Crippen molar-refractivity contribution in [3.8, 4) is 11.4 Å². The van der Waals surface area contributed by atoms with E-state index in [2.05, 4.69) is 15.3 Å². The topological polar surface area (TPSA) is 37.8 Å². The Balaban J connectivity index is 2.22. The fraction of sp³-hybridized carbons (Fsp3) is 0.125. The van der Waals surface area contributed by atoms with Crippen molar-refractivity contribution in [1.29, 1.82) is 0 Å². The highest BCUT2D eigenvalue weighted by Gasteiger charge is 2.09. The average Bonchev–Trinajstić information content (AvgIpc) is 2.47. The van der Waals surface area contributed by atoms with Gasteiger partial charge in [0.1, 0.15) is 11.6 Å². The summed E-state index contributed by atoms with van der Waals surface area (Å²) in [6.45, 7) is 2.03. The van der Waals surface area contributed by atoms with Gasteiger partial charge in [-0.25, -0.2) is 14.4 Å². The van der Waals surface area contributed by atoms with Crippen LogP contribution in [0.2, 0.25) is 0 Å². The molecule has 3 nitrogen and oxygen atoms in total. The van der Waals surface area contributed by atoms with Crippen molar-refractivity contribution in [2.75, 3.05) is 12.4 Å². The molecule has 0 saturated carbocycles. The van der Waals surface area contributed by atoms with E-state index in [1.54, 1.807) is 13.1 Å². The van der Waals surface area contributed by atoms with Gasteiger partial charge in [0, 0.05) is 18.0 Å². The van der Waals surface area contributed by atoms with Crippen molar-refractivity contribution >= 4 is 16.7 Å². The highest BCUT2D eigenvalue weighted by molar-refractivity contribution is 5.90. The summed E-state index contributed by atoms with van der Waals surface area (Å²) in [7, 11) is 1.77. The number of rotatable bonds is 2. The fourth-order valence-corrected chi connectivity index (χ4v) is 2.12. The summed E-state index contributed by atoms with van der Waals surface area (Å²) in [5, 5.41) is 3.68. The highest BCUT2D eigenvalue weighted by Crippen LogP contribution is 2.25. The Morgan fingerprint density at radius 2 is 1.75 bits per heavy atom. The van der Waals surface area contributed by atoms with E-state index in [0.717, 1.165) is 11.1 Å². The molecular formula is C16H14FN3. The predicted molar refractivity (Wildman–Crippen MR) is 79.2 cm³/mol. The second-order valence-corrected chi connectivity index (χ2v) is 4.67. The van der Waals surface area contributed by atoms with Gasteiger partial charge in [-0.3, -0.25) is 0 Å². The molecule has 0 atom stereocenters. The molecule has 1 heterocycles. The minimum atomic E-state index is -0.291. The Bertz CT molecular complexity index is 767. The smallest absolute Gasteiger partial charge is 0.162 e. The Kier molecular flexibility index (Phi) is 3.06. The SMILES string of the molecule is CNc1nc(-c2ccc(C)cc2)nc2ccc(F)cc12. The number of aromatic nitrogens is 2. The number of hydrogen-bond donors (Lipinski definition) is 1. The fourth-order valence-electron chi connectivity index (χ4n) is 2.12. The molecule has 0 spiro atoms. The summed E-state index contributed by atoms with van der Waals surface area (Å²) in [4.78, 5) is 8.98. The molecule has 0 amide bonds. The number of hydrogen-bond acceptors (Lipinski definition) is 3. The standard InChI is InChI=1S/C16H14FN3/c1-10-3-5-11(6-4-10)15-19-14-8-7-12(17)9-13(14)16(18-2)20-15/h3-9H,1-2H3,(H,18,19,20). The third-order valence-electron chi connectivity index (χ3n) is 3.20. The molecule has 0 aliphatic rings. The largest absolute Gasteiger partial charge is 0.373 e.